The summed E-state index contributed by atoms with van der Waals surface area (Å²) in [5.41, 5.74) is -0.0187. The fourth-order valence-electron chi connectivity index (χ4n) is 3.15. The molecule has 0 aliphatic carbocycles. The SMILES string of the molecule is CCC1(CC)CC(NC(=O)CC2CSCCN2)CCO1. The zero-order valence-electron chi connectivity index (χ0n) is 12.7. The molecule has 116 valence electrons. The monoisotopic (exact) mass is 300 g/mol. The number of thioether (sulfide) groups is 1. The molecule has 0 radical (unpaired) electrons. The Balaban J connectivity index is 1.78. The van der Waals surface area contributed by atoms with Crippen LogP contribution in [0.3, 0.4) is 0 Å². The summed E-state index contributed by atoms with van der Waals surface area (Å²) < 4.78 is 5.96. The molecule has 2 unspecified atom stereocenters. The molecule has 0 bridgehead atoms. The molecule has 20 heavy (non-hydrogen) atoms. The van der Waals surface area contributed by atoms with Crippen LogP contribution in [-0.2, 0) is 9.53 Å². The van der Waals surface area contributed by atoms with E-state index in [-0.39, 0.29) is 17.6 Å². The van der Waals surface area contributed by atoms with Crippen LogP contribution in [0.25, 0.3) is 0 Å². The summed E-state index contributed by atoms with van der Waals surface area (Å²) in [6, 6.07) is 0.628. The Morgan fingerprint density at radius 2 is 2.25 bits per heavy atom. The molecule has 0 aromatic rings. The predicted octanol–water partition coefficient (Wildman–Crippen LogP) is 1.94. The van der Waals surface area contributed by atoms with Crippen LogP contribution < -0.4 is 10.6 Å². The van der Waals surface area contributed by atoms with E-state index in [9.17, 15) is 4.79 Å². The molecule has 0 spiro atoms. The first-order valence-electron chi connectivity index (χ1n) is 7.92. The maximum Gasteiger partial charge on any atom is 0.221 e. The third-order valence-electron chi connectivity index (χ3n) is 4.58. The van der Waals surface area contributed by atoms with Crippen molar-refractivity contribution in [3.8, 4) is 0 Å². The van der Waals surface area contributed by atoms with E-state index in [4.69, 9.17) is 4.74 Å². The summed E-state index contributed by atoms with van der Waals surface area (Å²) in [6.45, 7) is 6.15. The zero-order chi connectivity index (χ0) is 14.4. The largest absolute Gasteiger partial charge is 0.375 e. The van der Waals surface area contributed by atoms with E-state index in [1.165, 1.54) is 0 Å². The molecule has 2 heterocycles. The van der Waals surface area contributed by atoms with E-state index in [0.29, 0.717) is 12.5 Å². The van der Waals surface area contributed by atoms with Crippen LogP contribution >= 0.6 is 11.8 Å². The van der Waals surface area contributed by atoms with Crippen molar-refractivity contribution in [3.63, 3.8) is 0 Å². The molecule has 2 saturated heterocycles. The number of carbonyl (C=O) groups is 1. The van der Waals surface area contributed by atoms with Gasteiger partial charge in [-0.1, -0.05) is 13.8 Å². The van der Waals surface area contributed by atoms with Gasteiger partial charge in [-0.3, -0.25) is 4.79 Å². The maximum absolute atomic E-state index is 12.2. The number of hydrogen-bond donors (Lipinski definition) is 2. The van der Waals surface area contributed by atoms with Crippen LogP contribution in [0.1, 0.15) is 46.0 Å². The average molecular weight is 300 g/mol. The quantitative estimate of drug-likeness (QED) is 0.815. The topological polar surface area (TPSA) is 50.4 Å². The molecular formula is C15H28N2O2S. The van der Waals surface area contributed by atoms with E-state index < -0.39 is 0 Å². The predicted molar refractivity (Wildman–Crippen MR) is 84.2 cm³/mol. The molecule has 0 saturated carbocycles. The van der Waals surface area contributed by atoms with Crippen LogP contribution in [0.5, 0.6) is 0 Å². The molecule has 2 atom stereocenters. The highest BCUT2D eigenvalue weighted by Crippen LogP contribution is 2.31. The van der Waals surface area contributed by atoms with Crippen molar-refractivity contribution in [3.05, 3.63) is 0 Å². The van der Waals surface area contributed by atoms with Gasteiger partial charge in [-0.05, 0) is 25.7 Å². The second-order valence-corrected chi connectivity index (χ2v) is 7.08. The lowest BCUT2D eigenvalue weighted by Gasteiger charge is -2.40. The van der Waals surface area contributed by atoms with Crippen molar-refractivity contribution < 1.29 is 9.53 Å². The third kappa shape index (κ3) is 4.37. The summed E-state index contributed by atoms with van der Waals surface area (Å²) in [4.78, 5) is 12.2. The van der Waals surface area contributed by atoms with Gasteiger partial charge in [0.2, 0.25) is 5.91 Å². The second kappa shape index (κ2) is 7.66. The first-order valence-corrected chi connectivity index (χ1v) is 9.07. The third-order valence-corrected chi connectivity index (χ3v) is 5.71. The molecule has 4 nitrogen and oxygen atoms in total. The molecule has 1 amide bonds. The van der Waals surface area contributed by atoms with Gasteiger partial charge in [0.25, 0.3) is 0 Å². The fourth-order valence-corrected chi connectivity index (χ4v) is 4.10. The van der Waals surface area contributed by atoms with Gasteiger partial charge in [0, 0.05) is 43.2 Å². The van der Waals surface area contributed by atoms with Gasteiger partial charge < -0.3 is 15.4 Å². The summed E-state index contributed by atoms with van der Waals surface area (Å²) in [5.74, 6) is 2.40. The van der Waals surface area contributed by atoms with E-state index in [2.05, 4.69) is 24.5 Å². The normalized spacial score (nSPS) is 29.9. The van der Waals surface area contributed by atoms with Gasteiger partial charge in [-0.2, -0.15) is 11.8 Å². The first kappa shape index (κ1) is 16.1. The van der Waals surface area contributed by atoms with E-state index in [0.717, 1.165) is 50.3 Å². The molecule has 2 aliphatic rings. The molecular weight excluding hydrogens is 272 g/mol. The molecule has 2 aliphatic heterocycles. The highest BCUT2D eigenvalue weighted by molar-refractivity contribution is 7.99. The van der Waals surface area contributed by atoms with Gasteiger partial charge in [0.05, 0.1) is 5.60 Å². The van der Waals surface area contributed by atoms with E-state index in [1.54, 1.807) is 0 Å². The molecule has 2 rings (SSSR count). The van der Waals surface area contributed by atoms with Crippen LogP contribution in [0.2, 0.25) is 0 Å². The minimum Gasteiger partial charge on any atom is -0.375 e. The standard InChI is InChI=1S/C15H28N2O2S/c1-3-15(4-2)10-12(5-7-19-15)17-14(18)9-13-11-20-8-6-16-13/h12-13,16H,3-11H2,1-2H3,(H,17,18). The van der Waals surface area contributed by atoms with Crippen LogP contribution in [0.15, 0.2) is 0 Å². The molecule has 0 aromatic heterocycles. The summed E-state index contributed by atoms with van der Waals surface area (Å²) in [5, 5.41) is 6.64. The number of rotatable bonds is 5. The molecule has 0 aromatic carbocycles. The van der Waals surface area contributed by atoms with Gasteiger partial charge >= 0.3 is 0 Å². The smallest absolute Gasteiger partial charge is 0.221 e. The Morgan fingerprint density at radius 3 is 2.90 bits per heavy atom. The molecule has 2 fully saturated rings. The summed E-state index contributed by atoms with van der Waals surface area (Å²) >= 11 is 1.94. The van der Waals surface area contributed by atoms with Crippen molar-refractivity contribution in [2.45, 2.75) is 63.6 Å². The minimum absolute atomic E-state index is 0.0187. The number of carbonyl (C=O) groups excluding carboxylic acids is 1. The van der Waals surface area contributed by atoms with Crippen molar-refractivity contribution in [1.29, 1.82) is 0 Å². The van der Waals surface area contributed by atoms with Gasteiger partial charge in [-0.15, -0.1) is 0 Å². The van der Waals surface area contributed by atoms with E-state index in [1.807, 2.05) is 11.8 Å². The Bertz CT molecular complexity index is 315. The van der Waals surface area contributed by atoms with Gasteiger partial charge in [0.1, 0.15) is 0 Å². The zero-order valence-corrected chi connectivity index (χ0v) is 13.6. The lowest BCUT2D eigenvalue weighted by molar-refractivity contribution is -0.126. The minimum atomic E-state index is -0.0187. The fraction of sp³-hybridized carbons (Fsp3) is 0.933. The number of hydrogen-bond acceptors (Lipinski definition) is 4. The molecule has 5 heteroatoms. The summed E-state index contributed by atoms with van der Waals surface area (Å²) in [6.07, 6.45) is 4.56. The van der Waals surface area contributed by atoms with Crippen molar-refractivity contribution >= 4 is 17.7 Å². The second-order valence-electron chi connectivity index (χ2n) is 5.93. The van der Waals surface area contributed by atoms with Crippen molar-refractivity contribution in [2.75, 3.05) is 24.7 Å². The van der Waals surface area contributed by atoms with E-state index >= 15 is 0 Å². The molecule has 2 N–H and O–H groups in total. The highest BCUT2D eigenvalue weighted by Gasteiger charge is 2.35. The number of nitrogens with one attached hydrogen (secondary N) is 2. The average Bonchev–Trinajstić information content (AvgIpc) is 2.48. The Morgan fingerprint density at radius 1 is 1.45 bits per heavy atom. The lowest BCUT2D eigenvalue weighted by atomic mass is 9.86. The summed E-state index contributed by atoms with van der Waals surface area (Å²) in [7, 11) is 0. The van der Waals surface area contributed by atoms with Crippen LogP contribution in [-0.4, -0.2) is 48.2 Å². The maximum atomic E-state index is 12.2. The highest BCUT2D eigenvalue weighted by atomic mass is 32.2. The van der Waals surface area contributed by atoms with Gasteiger partial charge in [-0.25, -0.2) is 0 Å². The number of amides is 1. The Hall–Kier alpha value is -0.260. The van der Waals surface area contributed by atoms with Gasteiger partial charge in [0.15, 0.2) is 0 Å². The van der Waals surface area contributed by atoms with Crippen molar-refractivity contribution in [2.24, 2.45) is 0 Å². The Kier molecular flexibility index (Phi) is 6.18. The first-order chi connectivity index (χ1) is 9.67. The Labute approximate surface area is 126 Å². The van der Waals surface area contributed by atoms with Crippen LogP contribution in [0, 0.1) is 0 Å². The number of ether oxygens (including phenoxy) is 1. The lowest BCUT2D eigenvalue weighted by Crippen LogP contribution is -2.49. The van der Waals surface area contributed by atoms with Crippen molar-refractivity contribution in [1.82, 2.24) is 10.6 Å². The van der Waals surface area contributed by atoms with Crippen LogP contribution in [0.4, 0.5) is 0 Å².